The van der Waals surface area contributed by atoms with Crippen molar-refractivity contribution in [3.63, 3.8) is 0 Å². The topological polar surface area (TPSA) is 29.5 Å². The monoisotopic (exact) mass is 176 g/mol. The Labute approximate surface area is 77.5 Å². The lowest BCUT2D eigenvalue weighted by Gasteiger charge is -2.08. The summed E-state index contributed by atoms with van der Waals surface area (Å²) < 4.78 is 5.59. The van der Waals surface area contributed by atoms with Crippen LogP contribution in [0.25, 0.3) is 0 Å². The van der Waals surface area contributed by atoms with Gasteiger partial charge >= 0.3 is 0 Å². The summed E-state index contributed by atoms with van der Waals surface area (Å²) in [5.41, 5.74) is 1.89. The highest BCUT2D eigenvalue weighted by Crippen LogP contribution is 2.36. The summed E-state index contributed by atoms with van der Waals surface area (Å²) in [6.07, 6.45) is 0.764. The first kappa shape index (κ1) is 8.17. The molecule has 2 heteroatoms. The number of benzene rings is 1. The molecule has 68 valence electrons. The summed E-state index contributed by atoms with van der Waals surface area (Å²) >= 11 is 0. The molecule has 1 atom stereocenters. The van der Waals surface area contributed by atoms with Gasteiger partial charge < -0.3 is 9.84 Å². The van der Waals surface area contributed by atoms with E-state index >= 15 is 0 Å². The fourth-order valence-electron chi connectivity index (χ4n) is 1.52. The molecule has 2 rings (SSSR count). The number of ether oxygens (including phenoxy) is 1. The molecule has 2 nitrogen and oxygen atoms in total. The Morgan fingerprint density at radius 2 is 2.38 bits per heavy atom. The first-order chi connectivity index (χ1) is 6.18. The van der Waals surface area contributed by atoms with Crippen molar-refractivity contribution in [2.45, 2.75) is 19.4 Å². The van der Waals surface area contributed by atoms with Gasteiger partial charge in [0.15, 0.2) is 0 Å². The molecule has 1 aliphatic heterocycles. The SMILES string of the molecule is C=C(C)[C@H]1Cc2c(O)cccc2O1. The maximum Gasteiger partial charge on any atom is 0.127 e. The van der Waals surface area contributed by atoms with Gasteiger partial charge in [0, 0.05) is 12.0 Å². The molecular formula is C11H12O2. The van der Waals surface area contributed by atoms with E-state index < -0.39 is 0 Å². The zero-order valence-electron chi connectivity index (χ0n) is 7.58. The molecule has 1 aromatic carbocycles. The van der Waals surface area contributed by atoms with E-state index in [2.05, 4.69) is 6.58 Å². The lowest BCUT2D eigenvalue weighted by atomic mass is 10.1. The van der Waals surface area contributed by atoms with E-state index in [9.17, 15) is 5.11 Å². The van der Waals surface area contributed by atoms with Crippen LogP contribution in [0.4, 0.5) is 0 Å². The third-order valence-electron chi connectivity index (χ3n) is 2.32. The molecule has 0 radical (unpaired) electrons. The maximum absolute atomic E-state index is 9.52. The number of rotatable bonds is 1. The lowest BCUT2D eigenvalue weighted by Crippen LogP contribution is -2.13. The molecule has 13 heavy (non-hydrogen) atoms. The van der Waals surface area contributed by atoms with Gasteiger partial charge in [0.2, 0.25) is 0 Å². The molecule has 0 amide bonds. The van der Waals surface area contributed by atoms with Gasteiger partial charge in [0.05, 0.1) is 0 Å². The van der Waals surface area contributed by atoms with Crippen LogP contribution in [0.5, 0.6) is 11.5 Å². The standard InChI is InChI=1S/C11H12O2/c1-7(2)11-6-8-9(12)4-3-5-10(8)13-11/h3-5,11-12H,1,6H2,2H3/t11-/m1/s1. The summed E-state index contributed by atoms with van der Waals surface area (Å²) in [6.45, 7) is 5.78. The van der Waals surface area contributed by atoms with Gasteiger partial charge in [0.25, 0.3) is 0 Å². The molecule has 1 heterocycles. The summed E-state index contributed by atoms with van der Waals surface area (Å²) in [4.78, 5) is 0. The minimum Gasteiger partial charge on any atom is -0.508 e. The molecule has 0 aliphatic carbocycles. The molecule has 0 saturated heterocycles. The molecule has 0 aromatic heterocycles. The molecule has 0 unspecified atom stereocenters. The number of hydrogen-bond donors (Lipinski definition) is 1. The molecule has 1 N–H and O–H groups in total. The molecule has 0 spiro atoms. The predicted molar refractivity (Wildman–Crippen MR) is 51.0 cm³/mol. The third kappa shape index (κ3) is 1.28. The highest BCUT2D eigenvalue weighted by molar-refractivity contribution is 5.47. The molecule has 1 aromatic rings. The average molecular weight is 176 g/mol. The molecule has 0 bridgehead atoms. The van der Waals surface area contributed by atoms with E-state index in [1.54, 1.807) is 12.1 Å². The second-order valence-electron chi connectivity index (χ2n) is 3.41. The fourth-order valence-corrected chi connectivity index (χ4v) is 1.52. The van der Waals surface area contributed by atoms with Crippen LogP contribution in [0.3, 0.4) is 0 Å². The highest BCUT2D eigenvalue weighted by atomic mass is 16.5. The van der Waals surface area contributed by atoms with E-state index in [1.165, 1.54) is 0 Å². The van der Waals surface area contributed by atoms with Crippen LogP contribution in [0.15, 0.2) is 30.4 Å². The predicted octanol–water partition coefficient (Wildman–Crippen LogP) is 2.27. The van der Waals surface area contributed by atoms with Gasteiger partial charge in [-0.2, -0.15) is 0 Å². The van der Waals surface area contributed by atoms with Crippen molar-refractivity contribution in [2.24, 2.45) is 0 Å². The van der Waals surface area contributed by atoms with Gasteiger partial charge in [-0.05, 0) is 24.6 Å². The van der Waals surface area contributed by atoms with E-state index in [0.29, 0.717) is 5.75 Å². The van der Waals surface area contributed by atoms with E-state index in [1.807, 2.05) is 13.0 Å². The van der Waals surface area contributed by atoms with Crippen LogP contribution >= 0.6 is 0 Å². The van der Waals surface area contributed by atoms with Crippen LogP contribution in [0.1, 0.15) is 12.5 Å². The van der Waals surface area contributed by atoms with Gasteiger partial charge in [0.1, 0.15) is 17.6 Å². The minimum absolute atomic E-state index is 0.0308. The largest absolute Gasteiger partial charge is 0.508 e. The fraction of sp³-hybridized carbons (Fsp3) is 0.273. The summed E-state index contributed by atoms with van der Waals surface area (Å²) in [6, 6.07) is 5.34. The third-order valence-corrected chi connectivity index (χ3v) is 2.32. The van der Waals surface area contributed by atoms with Gasteiger partial charge in [-0.15, -0.1) is 0 Å². The Hall–Kier alpha value is -1.44. The van der Waals surface area contributed by atoms with Crippen molar-refractivity contribution >= 4 is 0 Å². The van der Waals surface area contributed by atoms with Crippen molar-refractivity contribution in [3.8, 4) is 11.5 Å². The highest BCUT2D eigenvalue weighted by Gasteiger charge is 2.25. The number of fused-ring (bicyclic) bond motifs is 1. The second-order valence-corrected chi connectivity index (χ2v) is 3.41. The second kappa shape index (κ2) is 2.80. The van der Waals surface area contributed by atoms with E-state index in [-0.39, 0.29) is 6.10 Å². The van der Waals surface area contributed by atoms with E-state index in [0.717, 1.165) is 23.3 Å². The molecule has 0 saturated carbocycles. The number of phenols is 1. The van der Waals surface area contributed by atoms with Crippen LogP contribution in [-0.4, -0.2) is 11.2 Å². The number of phenolic OH excluding ortho intramolecular Hbond substituents is 1. The summed E-state index contributed by atoms with van der Waals surface area (Å²) in [7, 11) is 0. The number of hydrogen-bond acceptors (Lipinski definition) is 2. The van der Waals surface area contributed by atoms with Crippen LogP contribution in [0, 0.1) is 0 Å². The molecule has 1 aliphatic rings. The van der Waals surface area contributed by atoms with Crippen LogP contribution in [0.2, 0.25) is 0 Å². The Morgan fingerprint density at radius 1 is 1.62 bits per heavy atom. The van der Waals surface area contributed by atoms with Crippen molar-refractivity contribution < 1.29 is 9.84 Å². The smallest absolute Gasteiger partial charge is 0.127 e. The molecular weight excluding hydrogens is 164 g/mol. The molecule has 0 fully saturated rings. The van der Waals surface area contributed by atoms with Crippen LogP contribution in [-0.2, 0) is 6.42 Å². The Morgan fingerprint density at radius 3 is 3.00 bits per heavy atom. The zero-order valence-corrected chi connectivity index (χ0v) is 7.58. The quantitative estimate of drug-likeness (QED) is 0.665. The van der Waals surface area contributed by atoms with Gasteiger partial charge in [-0.3, -0.25) is 0 Å². The van der Waals surface area contributed by atoms with Crippen LogP contribution < -0.4 is 4.74 Å². The first-order valence-corrected chi connectivity index (χ1v) is 4.31. The normalized spacial score (nSPS) is 19.3. The summed E-state index contributed by atoms with van der Waals surface area (Å²) in [5, 5.41) is 9.52. The van der Waals surface area contributed by atoms with E-state index in [4.69, 9.17) is 4.74 Å². The Balaban J connectivity index is 2.35. The van der Waals surface area contributed by atoms with Crippen molar-refractivity contribution in [1.29, 1.82) is 0 Å². The van der Waals surface area contributed by atoms with Crippen molar-refractivity contribution in [2.75, 3.05) is 0 Å². The Bertz CT molecular complexity index is 355. The lowest BCUT2D eigenvalue weighted by molar-refractivity contribution is 0.271. The zero-order chi connectivity index (χ0) is 9.42. The van der Waals surface area contributed by atoms with Crippen molar-refractivity contribution in [1.82, 2.24) is 0 Å². The van der Waals surface area contributed by atoms with Gasteiger partial charge in [-0.1, -0.05) is 12.6 Å². The first-order valence-electron chi connectivity index (χ1n) is 4.31. The average Bonchev–Trinajstić information content (AvgIpc) is 2.49. The Kier molecular flexibility index (Phi) is 1.76. The maximum atomic E-state index is 9.52. The van der Waals surface area contributed by atoms with Gasteiger partial charge in [-0.25, -0.2) is 0 Å². The minimum atomic E-state index is 0.0308. The van der Waals surface area contributed by atoms with Crippen molar-refractivity contribution in [3.05, 3.63) is 35.9 Å². The summed E-state index contributed by atoms with van der Waals surface area (Å²) in [5.74, 6) is 1.11. The number of aromatic hydroxyl groups is 1.